The highest BCUT2D eigenvalue weighted by atomic mass is 32.1. The molecular formula is C100H108N2O4S2. The van der Waals surface area contributed by atoms with E-state index in [-0.39, 0.29) is 49.4 Å². The molecule has 0 aliphatic carbocycles. The van der Waals surface area contributed by atoms with Gasteiger partial charge in [-0.2, -0.15) is 0 Å². The van der Waals surface area contributed by atoms with Gasteiger partial charge in [-0.1, -0.05) is 285 Å². The maximum atomic E-state index is 12.8. The van der Waals surface area contributed by atoms with Gasteiger partial charge in [0.25, 0.3) is 0 Å². The summed E-state index contributed by atoms with van der Waals surface area (Å²) in [6.07, 6.45) is 1.46. The number of benzene rings is 10. The van der Waals surface area contributed by atoms with E-state index in [0.717, 1.165) is 111 Å². The summed E-state index contributed by atoms with van der Waals surface area (Å²) in [5, 5.41) is 35.6. The number of unbranched alkanes of at least 4 members (excludes halogenated alkanes) is 1. The number of aromatic hydroxyl groups is 2. The SMILES string of the molecule is CC(C)(C)c1cccc(-c2ccc3c(c2)c2cc(-c4cc(C(C)(C)C)cc(C(C)(C)C)c4)ccc2n3-c2scc(-c3ccccc3OCCCCOc3ccccc3-c3csc(-n4c5ccc(-c6cc(C(C)(C)C)cc(C(C)(C)C)c6)cc5c5cc(-c6cc(C(C)(C)C)cc(C(C)(C)C)c6)ccc54)c3O)c2O)c1. The molecule has 0 spiro atoms. The molecule has 0 aliphatic heterocycles. The van der Waals surface area contributed by atoms with Crippen LogP contribution in [-0.2, 0) is 37.9 Å². The van der Waals surface area contributed by atoms with Crippen LogP contribution in [0.1, 0.15) is 197 Å². The number of fused-ring (bicyclic) bond motifs is 6. The smallest absolute Gasteiger partial charge is 0.158 e. The lowest BCUT2D eigenvalue weighted by Crippen LogP contribution is -2.16. The Balaban J connectivity index is 0.736. The van der Waals surface area contributed by atoms with Crippen LogP contribution in [0.2, 0.25) is 0 Å². The van der Waals surface area contributed by atoms with E-state index < -0.39 is 0 Å². The van der Waals surface area contributed by atoms with Gasteiger partial charge >= 0.3 is 0 Å². The first kappa shape index (κ1) is 75.2. The van der Waals surface area contributed by atoms with Crippen molar-refractivity contribution in [2.24, 2.45) is 0 Å². The van der Waals surface area contributed by atoms with Crippen molar-refractivity contribution < 1.29 is 19.7 Å². The van der Waals surface area contributed by atoms with Gasteiger partial charge in [-0.15, -0.1) is 22.7 Å². The summed E-state index contributed by atoms with van der Waals surface area (Å²) in [6, 6.07) is 73.9. The van der Waals surface area contributed by atoms with E-state index >= 15 is 0 Å². The minimum Gasteiger partial charge on any atom is -0.504 e. The van der Waals surface area contributed by atoms with Gasteiger partial charge in [-0.25, -0.2) is 0 Å². The number of aromatic nitrogens is 2. The van der Waals surface area contributed by atoms with Gasteiger partial charge in [0.15, 0.2) is 11.5 Å². The Morgan fingerprint density at radius 3 is 0.833 bits per heavy atom. The average molecular weight is 1470 g/mol. The quantitative estimate of drug-likeness (QED) is 0.100. The first-order valence-electron chi connectivity index (χ1n) is 38.6. The largest absolute Gasteiger partial charge is 0.504 e. The Kier molecular flexibility index (Phi) is 19.4. The Hall–Kier alpha value is -9.60. The second kappa shape index (κ2) is 27.8. The van der Waals surface area contributed by atoms with Gasteiger partial charge in [0.05, 0.1) is 35.3 Å². The van der Waals surface area contributed by atoms with Crippen LogP contribution in [0.15, 0.2) is 211 Å². The molecule has 0 aliphatic rings. The number of thiophene rings is 2. The van der Waals surface area contributed by atoms with Crippen LogP contribution < -0.4 is 9.47 Å². The summed E-state index contributed by atoms with van der Waals surface area (Å²) in [7, 11) is 0. The molecule has 4 heterocycles. The lowest BCUT2D eigenvalue weighted by molar-refractivity contribution is 0.267. The highest BCUT2D eigenvalue weighted by Gasteiger charge is 2.30. The van der Waals surface area contributed by atoms with Crippen molar-refractivity contribution >= 4 is 66.3 Å². The molecule has 6 nitrogen and oxygen atoms in total. The lowest BCUT2D eigenvalue weighted by atomic mass is 9.78. The van der Waals surface area contributed by atoms with Crippen molar-refractivity contribution in [3.8, 4) is 99.8 Å². The third-order valence-electron chi connectivity index (χ3n) is 21.9. The molecule has 8 heteroatoms. The third kappa shape index (κ3) is 14.8. The molecule has 2 N–H and O–H groups in total. The van der Waals surface area contributed by atoms with Crippen molar-refractivity contribution in [2.75, 3.05) is 13.2 Å². The maximum Gasteiger partial charge on any atom is 0.158 e. The summed E-state index contributed by atoms with van der Waals surface area (Å²) in [5.74, 6) is 1.84. The fraction of sp³-hybridized carbons (Fsp3) is 0.320. The topological polar surface area (TPSA) is 68.8 Å². The van der Waals surface area contributed by atoms with E-state index in [0.29, 0.717) is 24.7 Å². The van der Waals surface area contributed by atoms with Crippen molar-refractivity contribution in [2.45, 2.75) is 196 Å². The van der Waals surface area contributed by atoms with Gasteiger partial charge in [-0.05, 0) is 195 Å². The summed E-state index contributed by atoms with van der Waals surface area (Å²) < 4.78 is 17.9. The normalized spacial score (nSPS) is 12.9. The molecule has 4 aromatic heterocycles. The predicted molar refractivity (Wildman–Crippen MR) is 464 cm³/mol. The second-order valence-electron chi connectivity index (χ2n) is 37.3. The van der Waals surface area contributed by atoms with E-state index in [4.69, 9.17) is 9.47 Å². The number of hydrogen-bond donors (Lipinski definition) is 2. The van der Waals surface area contributed by atoms with E-state index in [9.17, 15) is 10.2 Å². The number of ether oxygens (including phenoxy) is 2. The van der Waals surface area contributed by atoms with E-state index in [1.807, 2.05) is 48.5 Å². The molecule has 0 fully saturated rings. The van der Waals surface area contributed by atoms with E-state index in [1.165, 1.54) is 61.2 Å². The van der Waals surface area contributed by atoms with Gasteiger partial charge in [0, 0.05) is 54.6 Å². The van der Waals surface area contributed by atoms with E-state index in [1.54, 1.807) is 22.7 Å². The highest BCUT2D eigenvalue weighted by molar-refractivity contribution is 7.14. The van der Waals surface area contributed by atoms with Crippen LogP contribution in [-0.4, -0.2) is 32.6 Å². The molecule has 0 saturated heterocycles. The van der Waals surface area contributed by atoms with Crippen LogP contribution in [0.4, 0.5) is 0 Å². The molecule has 0 atom stereocenters. The zero-order valence-electron chi connectivity index (χ0n) is 67.5. The molecule has 0 unspecified atom stereocenters. The Morgan fingerprint density at radius 2 is 0.537 bits per heavy atom. The molecular weight excluding hydrogens is 1360 g/mol. The zero-order valence-corrected chi connectivity index (χ0v) is 69.1. The molecule has 14 aromatic rings. The van der Waals surface area contributed by atoms with Crippen LogP contribution in [0.25, 0.3) is 120 Å². The first-order valence-corrected chi connectivity index (χ1v) is 40.4. The lowest BCUT2D eigenvalue weighted by Gasteiger charge is -2.26. The summed E-state index contributed by atoms with van der Waals surface area (Å²) in [4.78, 5) is 0. The van der Waals surface area contributed by atoms with Crippen molar-refractivity contribution in [3.63, 3.8) is 0 Å². The number of hydrogen-bond acceptors (Lipinski definition) is 6. The van der Waals surface area contributed by atoms with Crippen molar-refractivity contribution in [1.29, 1.82) is 0 Å². The van der Waals surface area contributed by atoms with E-state index in [2.05, 4.69) is 317 Å². The number of nitrogens with zero attached hydrogens (tertiary/aromatic N) is 2. The van der Waals surface area contributed by atoms with Crippen LogP contribution in [0.5, 0.6) is 23.0 Å². The fourth-order valence-electron chi connectivity index (χ4n) is 14.9. The Labute approximate surface area is 649 Å². The van der Waals surface area contributed by atoms with Gasteiger partial charge < -0.3 is 19.7 Å². The van der Waals surface area contributed by atoms with Crippen molar-refractivity contribution in [1.82, 2.24) is 9.13 Å². The highest BCUT2D eigenvalue weighted by Crippen LogP contribution is 2.51. The van der Waals surface area contributed by atoms with Gasteiger partial charge in [0.1, 0.15) is 21.5 Å². The Bertz CT molecular complexity index is 5540. The molecule has 14 rings (SSSR count). The summed E-state index contributed by atoms with van der Waals surface area (Å²) >= 11 is 3.09. The standard InChI is InChI=1S/C100H108N2O4S2/c1-94(2,3)69-30-28-29-61(45-69)62-35-39-84-78(52-62)79-53-63(66-46-70(95(4,5)6)56-71(47-66)96(7,8)9)36-40-85(79)101(84)92-90(103)82(59-107-92)76-31-22-24-33-88(76)105-43-26-27-44-106-89-34-25-23-32-77(89)83-60-108-93(91(83)104)102-86-41-37-64(67-48-72(97(10,11)12)57-73(49-67)98(13,14)15)54-80(86)81-55-65(38-42-87(81)102)68-50-74(99(16,17)18)58-75(51-68)100(19,20)21/h22-25,28-42,45-60,103-104H,26-27,43-44H2,1-21H3. The number of para-hydroxylation sites is 2. The predicted octanol–water partition coefficient (Wildman–Crippen LogP) is 28.7. The average Bonchev–Trinajstić information content (AvgIpc) is 1.59. The molecule has 554 valence electrons. The summed E-state index contributed by atoms with van der Waals surface area (Å²) in [6.45, 7) is 49.1. The molecule has 10 aromatic carbocycles. The first-order chi connectivity index (χ1) is 50.8. The Morgan fingerprint density at radius 1 is 0.269 bits per heavy atom. The molecule has 0 saturated carbocycles. The van der Waals surface area contributed by atoms with Crippen LogP contribution in [0, 0.1) is 0 Å². The fourth-order valence-corrected chi connectivity index (χ4v) is 16.9. The van der Waals surface area contributed by atoms with Crippen molar-refractivity contribution in [3.05, 3.63) is 250 Å². The monoisotopic (exact) mass is 1460 g/mol. The van der Waals surface area contributed by atoms with Crippen LogP contribution >= 0.6 is 22.7 Å². The van der Waals surface area contributed by atoms with Gasteiger partial charge in [-0.3, -0.25) is 9.13 Å². The van der Waals surface area contributed by atoms with Crippen LogP contribution in [0.3, 0.4) is 0 Å². The maximum absolute atomic E-state index is 12.8. The molecule has 0 radical (unpaired) electrons. The molecule has 108 heavy (non-hydrogen) atoms. The second-order valence-corrected chi connectivity index (χ2v) is 39.0. The minimum absolute atomic E-state index is 0.000777. The zero-order chi connectivity index (χ0) is 77.1. The summed E-state index contributed by atoms with van der Waals surface area (Å²) in [5.41, 5.74) is 25.6. The number of rotatable bonds is 15. The molecule has 0 amide bonds. The van der Waals surface area contributed by atoms with Gasteiger partial charge in [0.2, 0.25) is 0 Å². The third-order valence-corrected chi connectivity index (χ3v) is 23.8. The molecule has 0 bridgehead atoms. The minimum atomic E-state index is -0.0394.